The van der Waals surface area contributed by atoms with Crippen LogP contribution in [0.5, 0.6) is 11.5 Å². The van der Waals surface area contributed by atoms with E-state index in [1.807, 2.05) is 36.4 Å². The van der Waals surface area contributed by atoms with Gasteiger partial charge in [0.2, 0.25) is 0 Å². The second kappa shape index (κ2) is 8.58. The Labute approximate surface area is 186 Å². The Balaban J connectivity index is 1.72. The molecule has 0 atom stereocenters. The van der Waals surface area contributed by atoms with Gasteiger partial charge in [-0.15, -0.1) is 0 Å². The molecule has 0 amide bonds. The maximum Gasteiger partial charge on any atom is 0.147 e. The topological polar surface area (TPSA) is 36.3 Å². The monoisotopic (exact) mass is 440 g/mol. The van der Waals surface area contributed by atoms with Gasteiger partial charge < -0.3 is 14.0 Å². The molecular weight excluding hydrogens is 419 g/mol. The van der Waals surface area contributed by atoms with Crippen molar-refractivity contribution in [3.8, 4) is 11.5 Å². The van der Waals surface area contributed by atoms with Crippen LogP contribution in [-0.4, -0.2) is 16.7 Å². The summed E-state index contributed by atoms with van der Waals surface area (Å²) in [6.45, 7) is 5.23. The van der Waals surface area contributed by atoms with E-state index in [1.54, 1.807) is 19.4 Å². The Hall–Kier alpha value is -2.69. The van der Waals surface area contributed by atoms with Gasteiger partial charge in [-0.3, -0.25) is 4.98 Å². The number of halogens is 2. The predicted octanol–water partition coefficient (Wildman–Crippen LogP) is 6.60. The molecule has 30 heavy (non-hydrogen) atoms. The minimum absolute atomic E-state index is 0.345. The number of benzene rings is 2. The minimum Gasteiger partial charge on any atom is -0.497 e. The van der Waals surface area contributed by atoms with E-state index in [0.717, 1.165) is 44.9 Å². The van der Waals surface area contributed by atoms with Crippen molar-refractivity contribution in [2.45, 2.75) is 27.0 Å². The van der Waals surface area contributed by atoms with Crippen molar-refractivity contribution in [1.82, 2.24) is 9.55 Å². The first-order valence-corrected chi connectivity index (χ1v) is 10.4. The maximum atomic E-state index is 6.32. The number of pyridine rings is 1. The molecular formula is C24H22Cl2N2O2. The second-order valence-electron chi connectivity index (χ2n) is 7.18. The molecule has 4 rings (SSSR count). The average molecular weight is 441 g/mol. The molecule has 2 aromatic heterocycles. The normalized spacial score (nSPS) is 11.1. The standard InChI is InChI=1S/C24H22Cl2N2O2/c1-15-16(2)28(13-17-5-4-6-20(11-17)29-3)24-22(9-10-27-23(15)24)30-14-18-7-8-19(25)12-21(18)26/h4-12H,13-14H2,1-3H3. The number of hydrogen-bond donors (Lipinski definition) is 0. The molecule has 0 aliphatic carbocycles. The lowest BCUT2D eigenvalue weighted by Gasteiger charge is -2.14. The van der Waals surface area contributed by atoms with Crippen LogP contribution in [0.2, 0.25) is 10.0 Å². The van der Waals surface area contributed by atoms with Gasteiger partial charge in [0, 0.05) is 40.1 Å². The van der Waals surface area contributed by atoms with Gasteiger partial charge in [0.15, 0.2) is 0 Å². The van der Waals surface area contributed by atoms with Crippen molar-refractivity contribution in [1.29, 1.82) is 0 Å². The van der Waals surface area contributed by atoms with E-state index in [4.69, 9.17) is 32.7 Å². The third kappa shape index (κ3) is 3.98. The Kier molecular flexibility index (Phi) is 5.89. The van der Waals surface area contributed by atoms with E-state index in [9.17, 15) is 0 Å². The zero-order valence-electron chi connectivity index (χ0n) is 17.1. The van der Waals surface area contributed by atoms with Crippen molar-refractivity contribution in [2.24, 2.45) is 0 Å². The molecule has 0 radical (unpaired) electrons. The molecule has 0 N–H and O–H groups in total. The number of hydrogen-bond acceptors (Lipinski definition) is 3. The molecule has 0 bridgehead atoms. The Morgan fingerprint density at radius 2 is 1.87 bits per heavy atom. The van der Waals surface area contributed by atoms with Gasteiger partial charge in [0.1, 0.15) is 23.6 Å². The lowest BCUT2D eigenvalue weighted by molar-refractivity contribution is 0.308. The third-order valence-corrected chi connectivity index (χ3v) is 5.92. The minimum atomic E-state index is 0.345. The number of fused-ring (bicyclic) bond motifs is 1. The molecule has 0 aliphatic rings. The predicted molar refractivity (Wildman–Crippen MR) is 122 cm³/mol. The third-order valence-electron chi connectivity index (χ3n) is 5.33. The fourth-order valence-corrected chi connectivity index (χ4v) is 4.04. The highest BCUT2D eigenvalue weighted by molar-refractivity contribution is 6.35. The molecule has 0 saturated carbocycles. The summed E-state index contributed by atoms with van der Waals surface area (Å²) in [4.78, 5) is 4.61. The van der Waals surface area contributed by atoms with Gasteiger partial charge in [-0.25, -0.2) is 0 Å². The van der Waals surface area contributed by atoms with Crippen LogP contribution in [0.3, 0.4) is 0 Å². The smallest absolute Gasteiger partial charge is 0.147 e. The summed E-state index contributed by atoms with van der Waals surface area (Å²) in [5, 5.41) is 1.19. The summed E-state index contributed by atoms with van der Waals surface area (Å²) in [6, 6.07) is 15.4. The number of methoxy groups -OCH3 is 1. The number of nitrogens with zero attached hydrogens (tertiary/aromatic N) is 2. The Morgan fingerprint density at radius 1 is 1.03 bits per heavy atom. The maximum absolute atomic E-state index is 6.32. The van der Waals surface area contributed by atoms with Crippen LogP contribution in [0.15, 0.2) is 54.7 Å². The first kappa shape index (κ1) is 20.6. The van der Waals surface area contributed by atoms with Crippen molar-refractivity contribution < 1.29 is 9.47 Å². The van der Waals surface area contributed by atoms with E-state index in [2.05, 4.69) is 29.5 Å². The number of aromatic nitrogens is 2. The van der Waals surface area contributed by atoms with E-state index >= 15 is 0 Å². The lowest BCUT2D eigenvalue weighted by atomic mass is 10.2. The number of ether oxygens (including phenoxy) is 2. The van der Waals surface area contributed by atoms with Gasteiger partial charge in [-0.05, 0) is 49.2 Å². The fourth-order valence-electron chi connectivity index (χ4n) is 3.57. The highest BCUT2D eigenvalue weighted by atomic mass is 35.5. The van der Waals surface area contributed by atoms with Crippen molar-refractivity contribution in [2.75, 3.05) is 7.11 Å². The zero-order chi connectivity index (χ0) is 21.3. The van der Waals surface area contributed by atoms with Crippen LogP contribution in [-0.2, 0) is 13.2 Å². The van der Waals surface area contributed by atoms with Crippen LogP contribution >= 0.6 is 23.2 Å². The van der Waals surface area contributed by atoms with E-state index < -0.39 is 0 Å². The van der Waals surface area contributed by atoms with E-state index in [1.165, 1.54) is 0 Å². The molecule has 0 fully saturated rings. The molecule has 6 heteroatoms. The van der Waals surface area contributed by atoms with E-state index in [0.29, 0.717) is 23.2 Å². The molecule has 2 aromatic carbocycles. The number of aryl methyl sites for hydroxylation is 1. The van der Waals surface area contributed by atoms with Gasteiger partial charge >= 0.3 is 0 Å². The summed E-state index contributed by atoms with van der Waals surface area (Å²) in [5.74, 6) is 1.61. The molecule has 0 spiro atoms. The van der Waals surface area contributed by atoms with Crippen molar-refractivity contribution in [3.05, 3.63) is 87.2 Å². The van der Waals surface area contributed by atoms with Crippen LogP contribution in [0, 0.1) is 13.8 Å². The van der Waals surface area contributed by atoms with Crippen LogP contribution in [0.1, 0.15) is 22.4 Å². The molecule has 0 aliphatic heterocycles. The Bertz CT molecular complexity index is 1220. The van der Waals surface area contributed by atoms with Gasteiger partial charge in [-0.1, -0.05) is 41.4 Å². The summed E-state index contributed by atoms with van der Waals surface area (Å²) >= 11 is 12.3. The summed E-state index contributed by atoms with van der Waals surface area (Å²) in [5.41, 5.74) is 6.23. The molecule has 0 unspecified atom stereocenters. The van der Waals surface area contributed by atoms with Crippen molar-refractivity contribution >= 4 is 34.2 Å². The van der Waals surface area contributed by atoms with Crippen molar-refractivity contribution in [3.63, 3.8) is 0 Å². The first-order valence-electron chi connectivity index (χ1n) is 9.62. The zero-order valence-corrected chi connectivity index (χ0v) is 18.6. The first-order chi connectivity index (χ1) is 14.5. The molecule has 2 heterocycles. The van der Waals surface area contributed by atoms with Crippen LogP contribution in [0.25, 0.3) is 11.0 Å². The lowest BCUT2D eigenvalue weighted by Crippen LogP contribution is -2.04. The summed E-state index contributed by atoms with van der Waals surface area (Å²) in [7, 11) is 1.68. The van der Waals surface area contributed by atoms with Crippen LogP contribution in [0.4, 0.5) is 0 Å². The summed E-state index contributed by atoms with van der Waals surface area (Å²) in [6.07, 6.45) is 1.78. The van der Waals surface area contributed by atoms with Gasteiger partial charge in [0.05, 0.1) is 12.6 Å². The van der Waals surface area contributed by atoms with E-state index in [-0.39, 0.29) is 0 Å². The second-order valence-corrected chi connectivity index (χ2v) is 8.02. The molecule has 4 nitrogen and oxygen atoms in total. The average Bonchev–Trinajstić information content (AvgIpc) is 2.99. The molecule has 4 aromatic rings. The van der Waals surface area contributed by atoms with Gasteiger partial charge in [0.25, 0.3) is 0 Å². The van der Waals surface area contributed by atoms with Crippen LogP contribution < -0.4 is 9.47 Å². The molecule has 154 valence electrons. The molecule has 0 saturated heterocycles. The quantitative estimate of drug-likeness (QED) is 0.338. The Morgan fingerprint density at radius 3 is 2.63 bits per heavy atom. The largest absolute Gasteiger partial charge is 0.497 e. The highest BCUT2D eigenvalue weighted by Gasteiger charge is 2.17. The highest BCUT2D eigenvalue weighted by Crippen LogP contribution is 2.33. The fraction of sp³-hybridized carbons (Fsp3) is 0.208. The SMILES string of the molecule is COc1cccc(Cn2c(C)c(C)c3nccc(OCc4ccc(Cl)cc4Cl)c32)c1. The van der Waals surface area contributed by atoms with Gasteiger partial charge in [-0.2, -0.15) is 0 Å². The number of rotatable bonds is 6. The summed E-state index contributed by atoms with van der Waals surface area (Å²) < 4.78 is 13.8.